The van der Waals surface area contributed by atoms with E-state index in [9.17, 15) is 4.79 Å². The second-order valence-electron chi connectivity index (χ2n) is 5.98. The van der Waals surface area contributed by atoms with E-state index >= 15 is 0 Å². The minimum atomic E-state index is -0.0915. The predicted octanol–water partition coefficient (Wildman–Crippen LogP) is 3.36. The van der Waals surface area contributed by atoms with E-state index in [1.54, 1.807) is 24.5 Å². The summed E-state index contributed by atoms with van der Waals surface area (Å²) in [6.07, 6.45) is 1.03. The highest BCUT2D eigenvalue weighted by atomic mass is 32.1. The van der Waals surface area contributed by atoms with Gasteiger partial charge in [0.15, 0.2) is 0 Å². The van der Waals surface area contributed by atoms with Gasteiger partial charge in [0.25, 0.3) is 5.56 Å². The van der Waals surface area contributed by atoms with Crippen LogP contribution in [0, 0.1) is 0 Å². The van der Waals surface area contributed by atoms with Crippen LogP contribution in [-0.2, 0) is 7.05 Å². The monoisotopic (exact) mass is 323 g/mol. The minimum Gasteiger partial charge on any atom is -0.369 e. The van der Waals surface area contributed by atoms with E-state index in [1.807, 2.05) is 0 Å². The van der Waals surface area contributed by atoms with E-state index < -0.39 is 0 Å². The van der Waals surface area contributed by atoms with Crippen LogP contribution < -0.4 is 11.3 Å². The highest BCUT2D eigenvalue weighted by molar-refractivity contribution is 7.13. The maximum atomic E-state index is 11.9. The molecule has 2 N–H and O–H groups in total. The first-order valence-corrected chi connectivity index (χ1v) is 8.49. The fourth-order valence-electron chi connectivity index (χ4n) is 2.99. The van der Waals surface area contributed by atoms with Crippen molar-refractivity contribution in [2.45, 2.75) is 18.3 Å². The lowest BCUT2D eigenvalue weighted by Crippen LogP contribution is -2.21. The molecular weight excluding hydrogens is 306 g/mol. The van der Waals surface area contributed by atoms with Crippen LogP contribution in [-0.4, -0.2) is 9.55 Å². The van der Waals surface area contributed by atoms with Crippen molar-refractivity contribution in [1.82, 2.24) is 9.55 Å². The number of thiophene rings is 1. The van der Waals surface area contributed by atoms with Gasteiger partial charge in [-0.15, -0.1) is 11.3 Å². The largest absolute Gasteiger partial charge is 0.369 e. The predicted molar refractivity (Wildman–Crippen MR) is 93.7 cm³/mol. The van der Waals surface area contributed by atoms with E-state index in [0.29, 0.717) is 11.8 Å². The molecule has 23 heavy (non-hydrogen) atoms. The Balaban J connectivity index is 1.56. The highest BCUT2D eigenvalue weighted by Crippen LogP contribution is 2.54. The molecule has 1 saturated carbocycles. The number of benzene rings is 1. The fourth-order valence-corrected chi connectivity index (χ4v) is 3.73. The molecule has 2 heterocycles. The van der Waals surface area contributed by atoms with Gasteiger partial charge >= 0.3 is 0 Å². The van der Waals surface area contributed by atoms with Crippen LogP contribution in [0.15, 0.2) is 52.6 Å². The maximum Gasteiger partial charge on any atom is 0.254 e. The molecule has 0 radical (unpaired) electrons. The summed E-state index contributed by atoms with van der Waals surface area (Å²) in [6.45, 7) is 0. The van der Waals surface area contributed by atoms with Crippen molar-refractivity contribution in [3.63, 3.8) is 0 Å². The summed E-state index contributed by atoms with van der Waals surface area (Å²) in [5.74, 6) is 1.02. The maximum absolute atomic E-state index is 11.9. The van der Waals surface area contributed by atoms with Gasteiger partial charge in [-0.05, 0) is 34.9 Å². The van der Waals surface area contributed by atoms with Crippen molar-refractivity contribution in [1.29, 1.82) is 0 Å². The van der Waals surface area contributed by atoms with Gasteiger partial charge < -0.3 is 5.73 Å². The van der Waals surface area contributed by atoms with Gasteiger partial charge in [0.05, 0.1) is 5.69 Å². The number of anilines is 1. The zero-order valence-corrected chi connectivity index (χ0v) is 13.6. The van der Waals surface area contributed by atoms with Crippen LogP contribution in [0.1, 0.15) is 29.5 Å². The van der Waals surface area contributed by atoms with Crippen molar-refractivity contribution in [3.8, 4) is 10.4 Å². The molecule has 1 aromatic carbocycles. The topological polar surface area (TPSA) is 60.9 Å². The van der Waals surface area contributed by atoms with Crippen LogP contribution in [0.25, 0.3) is 10.4 Å². The molecule has 0 amide bonds. The molecule has 5 heteroatoms. The Hall–Kier alpha value is -2.40. The Bertz CT molecular complexity index is 897. The minimum absolute atomic E-state index is 0.0915. The lowest BCUT2D eigenvalue weighted by molar-refractivity contribution is 0.813. The summed E-state index contributed by atoms with van der Waals surface area (Å²) in [5, 5.41) is 2.09. The summed E-state index contributed by atoms with van der Waals surface area (Å²) in [5.41, 5.74) is 9.07. The zero-order chi connectivity index (χ0) is 16.0. The van der Waals surface area contributed by atoms with Crippen molar-refractivity contribution in [3.05, 3.63) is 69.5 Å². The SMILES string of the molecule is Cn1c(N)nc([C@H]2C[C@H]2c2ccc(-c3cccs3)cc2)cc1=O. The van der Waals surface area contributed by atoms with E-state index in [2.05, 4.69) is 46.8 Å². The molecule has 0 spiro atoms. The van der Waals surface area contributed by atoms with Gasteiger partial charge in [0.2, 0.25) is 5.95 Å². The molecule has 1 fully saturated rings. The molecule has 4 nitrogen and oxygen atoms in total. The fraction of sp³-hybridized carbons (Fsp3) is 0.222. The number of nitrogen functional groups attached to an aromatic ring is 1. The number of hydrogen-bond acceptors (Lipinski definition) is 4. The molecule has 3 aromatic rings. The molecule has 2 atom stereocenters. The summed E-state index contributed by atoms with van der Waals surface area (Å²) in [6, 6.07) is 14.5. The van der Waals surface area contributed by atoms with E-state index in [-0.39, 0.29) is 11.5 Å². The lowest BCUT2D eigenvalue weighted by atomic mass is 10.0. The number of aromatic nitrogens is 2. The molecule has 4 rings (SSSR count). The number of nitrogens with zero attached hydrogens (tertiary/aromatic N) is 2. The van der Waals surface area contributed by atoms with Gasteiger partial charge in [-0.25, -0.2) is 4.98 Å². The van der Waals surface area contributed by atoms with Gasteiger partial charge in [-0.1, -0.05) is 30.3 Å². The average Bonchev–Trinajstić information content (AvgIpc) is 3.17. The molecule has 0 saturated heterocycles. The Labute approximate surface area is 138 Å². The lowest BCUT2D eigenvalue weighted by Gasteiger charge is -2.06. The number of hydrogen-bond donors (Lipinski definition) is 1. The summed E-state index contributed by atoms with van der Waals surface area (Å²) < 4.78 is 1.37. The van der Waals surface area contributed by atoms with Gasteiger partial charge in [-0.3, -0.25) is 9.36 Å². The Kier molecular flexibility index (Phi) is 3.31. The van der Waals surface area contributed by atoms with Gasteiger partial charge in [-0.2, -0.15) is 0 Å². The van der Waals surface area contributed by atoms with Gasteiger partial charge in [0, 0.05) is 23.9 Å². The first-order chi connectivity index (χ1) is 11.1. The molecule has 1 aliphatic rings. The highest BCUT2D eigenvalue weighted by Gasteiger charge is 2.41. The van der Waals surface area contributed by atoms with Crippen LogP contribution in [0.2, 0.25) is 0 Å². The van der Waals surface area contributed by atoms with Crippen LogP contribution in [0.5, 0.6) is 0 Å². The first kappa shape index (κ1) is 14.2. The molecule has 0 bridgehead atoms. The van der Waals surface area contributed by atoms with Crippen molar-refractivity contribution < 1.29 is 0 Å². The normalized spacial score (nSPS) is 19.7. The quantitative estimate of drug-likeness (QED) is 0.804. The third-order valence-corrected chi connectivity index (χ3v) is 5.42. The van der Waals surface area contributed by atoms with Crippen LogP contribution >= 0.6 is 11.3 Å². The Morgan fingerprint density at radius 1 is 1.22 bits per heavy atom. The summed E-state index contributed by atoms with van der Waals surface area (Å²) >= 11 is 1.75. The standard InChI is InChI=1S/C18H17N3OS/c1-21-17(22)10-15(20-18(21)19)14-9-13(14)11-4-6-12(7-5-11)16-3-2-8-23-16/h2-8,10,13-14H,9H2,1H3,(H2,19,20)/t13-,14-/m0/s1. The van der Waals surface area contributed by atoms with Crippen molar-refractivity contribution in [2.75, 3.05) is 5.73 Å². The zero-order valence-electron chi connectivity index (χ0n) is 12.8. The Morgan fingerprint density at radius 3 is 2.65 bits per heavy atom. The molecular formula is C18H17N3OS. The molecule has 1 aliphatic carbocycles. The third kappa shape index (κ3) is 2.57. The molecule has 116 valence electrons. The van der Waals surface area contributed by atoms with E-state index in [0.717, 1.165) is 12.1 Å². The Morgan fingerprint density at radius 2 is 2.00 bits per heavy atom. The first-order valence-electron chi connectivity index (χ1n) is 7.61. The molecule has 0 aliphatic heterocycles. The smallest absolute Gasteiger partial charge is 0.254 e. The number of rotatable bonds is 3. The summed E-state index contributed by atoms with van der Waals surface area (Å²) in [7, 11) is 1.64. The van der Waals surface area contributed by atoms with Crippen molar-refractivity contribution in [2.24, 2.45) is 7.05 Å². The number of nitrogens with two attached hydrogens (primary N) is 1. The van der Waals surface area contributed by atoms with Crippen molar-refractivity contribution >= 4 is 17.3 Å². The second kappa shape index (κ2) is 5.35. The average molecular weight is 323 g/mol. The third-order valence-electron chi connectivity index (χ3n) is 4.50. The second-order valence-corrected chi connectivity index (χ2v) is 6.93. The van der Waals surface area contributed by atoms with E-state index in [1.165, 1.54) is 20.6 Å². The van der Waals surface area contributed by atoms with Crippen LogP contribution in [0.3, 0.4) is 0 Å². The summed E-state index contributed by atoms with van der Waals surface area (Å²) in [4.78, 5) is 17.5. The van der Waals surface area contributed by atoms with Crippen LogP contribution in [0.4, 0.5) is 5.95 Å². The molecule has 0 unspecified atom stereocenters. The van der Waals surface area contributed by atoms with E-state index in [4.69, 9.17) is 5.73 Å². The molecule has 2 aromatic heterocycles. The van der Waals surface area contributed by atoms with Gasteiger partial charge in [0.1, 0.15) is 0 Å².